The molecule has 4 N–H and O–H groups in total. The van der Waals surface area contributed by atoms with E-state index in [1.165, 1.54) is 0 Å². The lowest BCUT2D eigenvalue weighted by molar-refractivity contribution is -0.145. The zero-order chi connectivity index (χ0) is 15.6. The van der Waals surface area contributed by atoms with Crippen LogP contribution >= 0.6 is 0 Å². The van der Waals surface area contributed by atoms with Gasteiger partial charge in [-0.2, -0.15) is 0 Å². The number of carbonyl (C=O) groups is 2. The summed E-state index contributed by atoms with van der Waals surface area (Å²) < 4.78 is 0. The molecule has 6 heteroatoms. The van der Waals surface area contributed by atoms with E-state index in [1.807, 2.05) is 0 Å². The Morgan fingerprint density at radius 3 is 2.33 bits per heavy atom. The fourth-order valence-electron chi connectivity index (χ4n) is 3.57. The second kappa shape index (κ2) is 6.32. The van der Waals surface area contributed by atoms with Gasteiger partial charge in [0.1, 0.15) is 0 Å². The van der Waals surface area contributed by atoms with Crippen molar-refractivity contribution in [2.45, 2.75) is 57.1 Å². The normalized spacial score (nSPS) is 38.1. The van der Waals surface area contributed by atoms with E-state index in [0.717, 1.165) is 12.8 Å². The van der Waals surface area contributed by atoms with E-state index < -0.39 is 11.6 Å². The molecular weight excluding hydrogens is 272 g/mol. The minimum absolute atomic E-state index is 0.139. The number of rotatable bonds is 4. The highest BCUT2D eigenvalue weighted by Crippen LogP contribution is 2.34. The maximum atomic E-state index is 11.4. The number of likely N-dealkylation sites (tertiary alicyclic amines) is 1. The van der Waals surface area contributed by atoms with E-state index in [2.05, 4.69) is 11.8 Å². The molecule has 0 aromatic heterocycles. The number of piperidine rings is 1. The van der Waals surface area contributed by atoms with E-state index in [9.17, 15) is 14.7 Å². The van der Waals surface area contributed by atoms with Gasteiger partial charge in [0, 0.05) is 19.1 Å². The van der Waals surface area contributed by atoms with Crippen LogP contribution in [0.3, 0.4) is 0 Å². The topological polar surface area (TPSA) is 104 Å². The number of amides is 1. The average molecular weight is 298 g/mol. The fraction of sp³-hybridized carbons (Fsp3) is 0.867. The first kappa shape index (κ1) is 16.2. The minimum Gasteiger partial charge on any atom is -0.481 e. The van der Waals surface area contributed by atoms with Crippen molar-refractivity contribution in [2.24, 2.45) is 17.6 Å². The number of aliphatic hydroxyl groups is 1. The van der Waals surface area contributed by atoms with E-state index in [4.69, 9.17) is 10.8 Å². The second-order valence-corrected chi connectivity index (χ2v) is 6.79. The number of β-amino-alcohol motifs (C(OH)–C–C–N with tert-alkyl or cyclic N) is 1. The first-order chi connectivity index (χ1) is 9.81. The first-order valence-corrected chi connectivity index (χ1v) is 7.79. The van der Waals surface area contributed by atoms with Crippen molar-refractivity contribution in [1.29, 1.82) is 0 Å². The van der Waals surface area contributed by atoms with Gasteiger partial charge in [0.25, 0.3) is 0 Å². The van der Waals surface area contributed by atoms with Crippen LogP contribution in [-0.4, -0.2) is 51.7 Å². The van der Waals surface area contributed by atoms with Crippen LogP contribution in [0, 0.1) is 11.8 Å². The van der Waals surface area contributed by atoms with Crippen molar-refractivity contribution in [2.75, 3.05) is 13.1 Å². The van der Waals surface area contributed by atoms with E-state index in [-0.39, 0.29) is 17.7 Å². The summed E-state index contributed by atoms with van der Waals surface area (Å²) in [5, 5.41) is 19.7. The van der Waals surface area contributed by atoms with Crippen LogP contribution in [0.4, 0.5) is 0 Å². The summed E-state index contributed by atoms with van der Waals surface area (Å²) in [5.41, 5.74) is 4.57. The number of carbonyl (C=O) groups excluding carboxylic acids is 1. The second-order valence-electron chi connectivity index (χ2n) is 6.79. The number of carboxylic acids is 1. The molecule has 2 atom stereocenters. The van der Waals surface area contributed by atoms with Crippen molar-refractivity contribution >= 4 is 11.9 Å². The molecule has 1 amide bonds. The lowest BCUT2D eigenvalue weighted by atomic mass is 9.78. The van der Waals surface area contributed by atoms with Gasteiger partial charge in [-0.05, 0) is 45.4 Å². The van der Waals surface area contributed by atoms with Crippen LogP contribution < -0.4 is 5.73 Å². The van der Waals surface area contributed by atoms with Gasteiger partial charge in [-0.15, -0.1) is 0 Å². The van der Waals surface area contributed by atoms with Crippen molar-refractivity contribution in [3.8, 4) is 0 Å². The average Bonchev–Trinajstić information content (AvgIpc) is 2.41. The number of hydrogen-bond acceptors (Lipinski definition) is 4. The van der Waals surface area contributed by atoms with Gasteiger partial charge < -0.3 is 15.9 Å². The summed E-state index contributed by atoms with van der Waals surface area (Å²) in [5.74, 6) is -1.51. The summed E-state index contributed by atoms with van der Waals surface area (Å²) in [6, 6.07) is 0.321. The van der Waals surface area contributed by atoms with Crippen LogP contribution in [-0.2, 0) is 9.59 Å². The molecule has 1 saturated heterocycles. The van der Waals surface area contributed by atoms with Crippen molar-refractivity contribution in [1.82, 2.24) is 4.90 Å². The molecule has 0 bridgehead atoms. The maximum absolute atomic E-state index is 11.4. The van der Waals surface area contributed by atoms with E-state index in [1.54, 1.807) is 0 Å². The molecule has 0 aromatic rings. The highest BCUT2D eigenvalue weighted by molar-refractivity contribution is 5.77. The zero-order valence-electron chi connectivity index (χ0n) is 12.6. The van der Waals surface area contributed by atoms with Crippen molar-refractivity contribution < 1.29 is 19.8 Å². The predicted octanol–water partition coefficient (Wildman–Crippen LogP) is 0.578. The highest BCUT2D eigenvalue weighted by Gasteiger charge is 2.39. The number of carboxylic acid groups (broad SMARTS) is 1. The third-order valence-corrected chi connectivity index (χ3v) is 5.18. The first-order valence-electron chi connectivity index (χ1n) is 7.79. The molecule has 0 radical (unpaired) electrons. The standard InChI is InChI=1S/C15H26N2O4/c1-10-2-3-12(13(16)18)8-17(10)9-15(21)6-4-11(5-7-15)14(19)20/h10-12,21H,2-9H2,1H3,(H2,16,18)(H,19,20). The monoisotopic (exact) mass is 298 g/mol. The number of primary amides is 1. The van der Waals surface area contributed by atoms with Crippen LogP contribution in [0.2, 0.25) is 0 Å². The molecule has 0 aromatic carbocycles. The molecule has 1 aliphatic carbocycles. The summed E-state index contributed by atoms with van der Waals surface area (Å²) in [4.78, 5) is 24.5. The maximum Gasteiger partial charge on any atom is 0.306 e. The molecule has 1 heterocycles. The van der Waals surface area contributed by atoms with E-state index >= 15 is 0 Å². The van der Waals surface area contributed by atoms with Gasteiger partial charge in [-0.3, -0.25) is 14.5 Å². The molecule has 1 aliphatic heterocycles. The smallest absolute Gasteiger partial charge is 0.306 e. The Balaban J connectivity index is 1.93. The van der Waals surface area contributed by atoms with Gasteiger partial charge in [-0.25, -0.2) is 0 Å². The summed E-state index contributed by atoms with van der Waals surface area (Å²) in [6.45, 7) is 3.20. The quantitative estimate of drug-likeness (QED) is 0.704. The number of aliphatic carboxylic acids is 1. The van der Waals surface area contributed by atoms with Crippen LogP contribution in [0.1, 0.15) is 45.4 Å². The van der Waals surface area contributed by atoms with Gasteiger partial charge in [0.15, 0.2) is 0 Å². The van der Waals surface area contributed by atoms with Crippen molar-refractivity contribution in [3.05, 3.63) is 0 Å². The Labute approximate surface area is 125 Å². The highest BCUT2D eigenvalue weighted by atomic mass is 16.4. The van der Waals surface area contributed by atoms with Gasteiger partial charge in [0.05, 0.1) is 17.4 Å². The SMILES string of the molecule is CC1CCC(C(N)=O)CN1CC1(O)CCC(C(=O)O)CC1. The molecule has 0 spiro atoms. The molecule has 2 unspecified atom stereocenters. The Morgan fingerprint density at radius 1 is 1.19 bits per heavy atom. The van der Waals surface area contributed by atoms with Crippen LogP contribution in [0.5, 0.6) is 0 Å². The Morgan fingerprint density at radius 2 is 1.81 bits per heavy atom. The molecule has 6 nitrogen and oxygen atoms in total. The molecule has 2 fully saturated rings. The molecule has 1 saturated carbocycles. The van der Waals surface area contributed by atoms with E-state index in [0.29, 0.717) is 44.8 Å². The molecule has 2 rings (SSSR count). The summed E-state index contributed by atoms with van der Waals surface area (Å²) >= 11 is 0. The largest absolute Gasteiger partial charge is 0.481 e. The number of hydrogen-bond donors (Lipinski definition) is 3. The van der Waals surface area contributed by atoms with Crippen molar-refractivity contribution in [3.63, 3.8) is 0 Å². The summed E-state index contributed by atoms with van der Waals surface area (Å²) in [7, 11) is 0. The lowest BCUT2D eigenvalue weighted by Gasteiger charge is -2.43. The molecular formula is C15H26N2O4. The third kappa shape index (κ3) is 3.95. The lowest BCUT2D eigenvalue weighted by Crippen LogP contribution is -2.53. The number of nitrogens with two attached hydrogens (primary N) is 1. The Kier molecular flexibility index (Phi) is 4.88. The molecule has 2 aliphatic rings. The van der Waals surface area contributed by atoms with Gasteiger partial charge >= 0.3 is 5.97 Å². The summed E-state index contributed by atoms with van der Waals surface area (Å²) in [6.07, 6.45) is 3.78. The number of nitrogens with zero attached hydrogens (tertiary/aromatic N) is 1. The van der Waals surface area contributed by atoms with Crippen LogP contribution in [0.15, 0.2) is 0 Å². The third-order valence-electron chi connectivity index (χ3n) is 5.18. The van der Waals surface area contributed by atoms with Crippen LogP contribution in [0.25, 0.3) is 0 Å². The Hall–Kier alpha value is -1.14. The molecule has 120 valence electrons. The zero-order valence-corrected chi connectivity index (χ0v) is 12.6. The molecule has 21 heavy (non-hydrogen) atoms. The van der Waals surface area contributed by atoms with Gasteiger partial charge in [0.2, 0.25) is 5.91 Å². The van der Waals surface area contributed by atoms with Gasteiger partial charge in [-0.1, -0.05) is 0 Å². The predicted molar refractivity (Wildman–Crippen MR) is 77.5 cm³/mol. The minimum atomic E-state index is -0.834. The fourth-order valence-corrected chi connectivity index (χ4v) is 3.57. The Bertz CT molecular complexity index is 404.